The summed E-state index contributed by atoms with van der Waals surface area (Å²) in [5.74, 6) is 2.07. The Morgan fingerprint density at radius 2 is 2.00 bits per heavy atom. The van der Waals surface area contributed by atoms with Crippen molar-refractivity contribution in [3.05, 3.63) is 65.7 Å². The van der Waals surface area contributed by atoms with Crippen LogP contribution in [0.3, 0.4) is 0 Å². The highest BCUT2D eigenvalue weighted by molar-refractivity contribution is 5.55. The zero-order valence-corrected chi connectivity index (χ0v) is 12.9. The Morgan fingerprint density at radius 1 is 1.27 bits per heavy atom. The number of hydrogen-bond donors (Lipinski definition) is 1. The average Bonchev–Trinajstić information content (AvgIpc) is 2.85. The van der Waals surface area contributed by atoms with E-state index in [4.69, 9.17) is 9.47 Å². The fourth-order valence-electron chi connectivity index (χ4n) is 3.00. The van der Waals surface area contributed by atoms with Crippen molar-refractivity contribution < 1.29 is 14.6 Å². The predicted octanol–water partition coefficient (Wildman–Crippen LogP) is 4.37. The van der Waals surface area contributed by atoms with Crippen molar-refractivity contribution >= 4 is 0 Å². The maximum Gasteiger partial charge on any atom is 0.165 e. The predicted molar refractivity (Wildman–Crippen MR) is 86.8 cm³/mol. The SMILES string of the molecule is C=CCc1cc(OC)c2c(c1)[C@@H](C)[C@H](c1ccc(O)cc1)O2. The topological polar surface area (TPSA) is 38.7 Å². The molecule has 0 bridgehead atoms. The van der Waals surface area contributed by atoms with E-state index in [0.717, 1.165) is 29.0 Å². The molecule has 3 rings (SSSR count). The van der Waals surface area contributed by atoms with E-state index in [-0.39, 0.29) is 17.8 Å². The molecule has 3 nitrogen and oxygen atoms in total. The van der Waals surface area contributed by atoms with Gasteiger partial charge < -0.3 is 14.6 Å². The van der Waals surface area contributed by atoms with Crippen molar-refractivity contribution in [2.24, 2.45) is 0 Å². The van der Waals surface area contributed by atoms with Gasteiger partial charge in [-0.2, -0.15) is 0 Å². The van der Waals surface area contributed by atoms with Crippen molar-refractivity contribution in [3.63, 3.8) is 0 Å². The maximum atomic E-state index is 9.45. The lowest BCUT2D eigenvalue weighted by Gasteiger charge is -2.16. The van der Waals surface area contributed by atoms with Crippen molar-refractivity contribution in [2.75, 3.05) is 7.11 Å². The second kappa shape index (κ2) is 5.76. The van der Waals surface area contributed by atoms with Gasteiger partial charge in [-0.1, -0.05) is 31.2 Å². The van der Waals surface area contributed by atoms with E-state index >= 15 is 0 Å². The summed E-state index contributed by atoms with van der Waals surface area (Å²) in [5, 5.41) is 9.45. The molecule has 0 saturated carbocycles. The van der Waals surface area contributed by atoms with Gasteiger partial charge in [0.15, 0.2) is 11.5 Å². The summed E-state index contributed by atoms with van der Waals surface area (Å²) in [6.07, 6.45) is 2.63. The van der Waals surface area contributed by atoms with Gasteiger partial charge in [0.2, 0.25) is 0 Å². The lowest BCUT2D eigenvalue weighted by atomic mass is 9.91. The van der Waals surface area contributed by atoms with Gasteiger partial charge in [-0.15, -0.1) is 6.58 Å². The van der Waals surface area contributed by atoms with E-state index in [0.29, 0.717) is 0 Å². The molecule has 0 saturated heterocycles. The Kier molecular flexibility index (Phi) is 3.80. The summed E-state index contributed by atoms with van der Waals surface area (Å²) >= 11 is 0. The fourth-order valence-corrected chi connectivity index (χ4v) is 3.00. The number of ether oxygens (including phenoxy) is 2. The highest BCUT2D eigenvalue weighted by Gasteiger charge is 2.34. The third kappa shape index (κ3) is 2.43. The van der Waals surface area contributed by atoms with E-state index < -0.39 is 0 Å². The van der Waals surface area contributed by atoms with E-state index in [1.807, 2.05) is 24.3 Å². The first-order valence-electron chi connectivity index (χ1n) is 7.41. The van der Waals surface area contributed by atoms with Gasteiger partial charge in [-0.05, 0) is 35.7 Å². The third-order valence-corrected chi connectivity index (χ3v) is 4.15. The highest BCUT2D eigenvalue weighted by atomic mass is 16.5. The van der Waals surface area contributed by atoms with Gasteiger partial charge >= 0.3 is 0 Å². The fraction of sp³-hybridized carbons (Fsp3) is 0.263. The second-order valence-corrected chi connectivity index (χ2v) is 5.63. The molecule has 0 amide bonds. The molecule has 3 heteroatoms. The average molecular weight is 296 g/mol. The quantitative estimate of drug-likeness (QED) is 0.852. The molecule has 0 aromatic heterocycles. The minimum absolute atomic E-state index is 0.0662. The molecule has 0 fully saturated rings. The molecule has 0 unspecified atom stereocenters. The molecule has 1 N–H and O–H groups in total. The molecule has 2 aromatic carbocycles. The van der Waals surface area contributed by atoms with Crippen LogP contribution in [0.25, 0.3) is 0 Å². The van der Waals surface area contributed by atoms with Crippen LogP contribution >= 0.6 is 0 Å². The molecule has 1 aliphatic rings. The first-order valence-corrected chi connectivity index (χ1v) is 7.41. The van der Waals surface area contributed by atoms with Gasteiger partial charge in [0, 0.05) is 11.5 Å². The Bertz CT molecular complexity index is 689. The molecule has 2 aromatic rings. The molecule has 22 heavy (non-hydrogen) atoms. The molecule has 1 heterocycles. The zero-order chi connectivity index (χ0) is 15.7. The van der Waals surface area contributed by atoms with Crippen LogP contribution in [0.1, 0.15) is 35.6 Å². The van der Waals surface area contributed by atoms with Gasteiger partial charge in [-0.3, -0.25) is 0 Å². The summed E-state index contributed by atoms with van der Waals surface area (Å²) in [6, 6.07) is 11.4. The van der Waals surface area contributed by atoms with Crippen LogP contribution in [0.15, 0.2) is 49.1 Å². The minimum Gasteiger partial charge on any atom is -0.508 e. The molecular formula is C19H20O3. The van der Waals surface area contributed by atoms with Crippen molar-refractivity contribution in [1.82, 2.24) is 0 Å². The largest absolute Gasteiger partial charge is 0.508 e. The van der Waals surface area contributed by atoms with Crippen LogP contribution in [0.4, 0.5) is 0 Å². The molecule has 0 spiro atoms. The lowest BCUT2D eigenvalue weighted by Crippen LogP contribution is -2.06. The number of benzene rings is 2. The van der Waals surface area contributed by atoms with Crippen molar-refractivity contribution in [3.8, 4) is 17.2 Å². The number of phenolic OH excluding ortho intramolecular Hbond substituents is 1. The van der Waals surface area contributed by atoms with Gasteiger partial charge in [0.05, 0.1) is 7.11 Å². The third-order valence-electron chi connectivity index (χ3n) is 4.15. The molecule has 0 radical (unpaired) electrons. The summed E-state index contributed by atoms with van der Waals surface area (Å²) in [5.41, 5.74) is 3.38. The number of methoxy groups -OCH3 is 1. The van der Waals surface area contributed by atoms with E-state index in [1.165, 1.54) is 5.56 Å². The molecule has 0 aliphatic carbocycles. The second-order valence-electron chi connectivity index (χ2n) is 5.63. The Balaban J connectivity index is 2.00. The molecule has 1 aliphatic heterocycles. The summed E-state index contributed by atoms with van der Waals surface area (Å²) in [6.45, 7) is 5.95. The van der Waals surface area contributed by atoms with Crippen LogP contribution in [0.2, 0.25) is 0 Å². The Morgan fingerprint density at radius 3 is 2.64 bits per heavy atom. The summed E-state index contributed by atoms with van der Waals surface area (Å²) in [7, 11) is 1.66. The van der Waals surface area contributed by atoms with Gasteiger partial charge in [0.25, 0.3) is 0 Å². The number of aromatic hydroxyl groups is 1. The smallest absolute Gasteiger partial charge is 0.165 e. The monoisotopic (exact) mass is 296 g/mol. The van der Waals surface area contributed by atoms with Crippen molar-refractivity contribution in [2.45, 2.75) is 25.4 Å². The van der Waals surface area contributed by atoms with Crippen LogP contribution in [-0.2, 0) is 6.42 Å². The van der Waals surface area contributed by atoms with E-state index in [9.17, 15) is 5.11 Å². The number of hydrogen-bond acceptors (Lipinski definition) is 3. The standard InChI is InChI=1S/C19H20O3/c1-4-5-13-10-16-12(2)18(14-6-8-15(20)9-7-14)22-19(16)17(11-13)21-3/h4,6-12,18,20H,1,5H2,2-3H3/t12-,18-/m1/s1. The minimum atomic E-state index is -0.0662. The molecule has 114 valence electrons. The Hall–Kier alpha value is -2.42. The van der Waals surface area contributed by atoms with Crippen LogP contribution in [0, 0.1) is 0 Å². The summed E-state index contributed by atoms with van der Waals surface area (Å²) in [4.78, 5) is 0. The van der Waals surface area contributed by atoms with Crippen molar-refractivity contribution in [1.29, 1.82) is 0 Å². The van der Waals surface area contributed by atoms with Crippen LogP contribution in [-0.4, -0.2) is 12.2 Å². The summed E-state index contributed by atoms with van der Waals surface area (Å²) < 4.78 is 11.7. The van der Waals surface area contributed by atoms with Gasteiger partial charge in [0.1, 0.15) is 11.9 Å². The number of fused-ring (bicyclic) bond motifs is 1. The number of allylic oxidation sites excluding steroid dienone is 1. The number of phenols is 1. The number of rotatable bonds is 4. The Labute approximate surface area is 130 Å². The molecular weight excluding hydrogens is 276 g/mol. The first kappa shape index (κ1) is 14.5. The normalized spacial score (nSPS) is 19.4. The van der Waals surface area contributed by atoms with Gasteiger partial charge in [-0.25, -0.2) is 0 Å². The maximum absolute atomic E-state index is 9.45. The van der Waals surface area contributed by atoms with Crippen LogP contribution < -0.4 is 9.47 Å². The van der Waals surface area contributed by atoms with E-state index in [1.54, 1.807) is 19.2 Å². The van der Waals surface area contributed by atoms with Crippen LogP contribution in [0.5, 0.6) is 17.2 Å². The molecule has 2 atom stereocenters. The first-order chi connectivity index (χ1) is 10.6. The zero-order valence-electron chi connectivity index (χ0n) is 12.9. The lowest BCUT2D eigenvalue weighted by molar-refractivity contribution is 0.208. The highest BCUT2D eigenvalue weighted by Crippen LogP contribution is 2.50. The van der Waals surface area contributed by atoms with E-state index in [2.05, 4.69) is 19.6 Å².